The first-order chi connectivity index (χ1) is 15.6. The molecule has 1 atom stereocenters. The Morgan fingerprint density at radius 3 is 2.00 bits per heavy atom. The van der Waals surface area contributed by atoms with Crippen LogP contribution in [0.1, 0.15) is 45.4 Å². The number of amides is 2. The Balaban J connectivity index is 1.27. The van der Waals surface area contributed by atoms with Crippen molar-refractivity contribution < 1.29 is 14.3 Å². The van der Waals surface area contributed by atoms with Crippen molar-refractivity contribution in [3.63, 3.8) is 0 Å². The highest BCUT2D eigenvalue weighted by Crippen LogP contribution is 2.25. The van der Waals surface area contributed by atoms with Crippen LogP contribution in [0.25, 0.3) is 11.1 Å². The van der Waals surface area contributed by atoms with Crippen LogP contribution in [-0.2, 0) is 9.59 Å². The van der Waals surface area contributed by atoms with Crippen LogP contribution in [0.2, 0.25) is 0 Å². The molecule has 0 bridgehead atoms. The van der Waals surface area contributed by atoms with Crippen molar-refractivity contribution in [3.8, 4) is 16.9 Å². The smallest absolute Gasteiger partial charge is 0.263 e. The molecular weight excluding hydrogens is 400 g/mol. The molecule has 0 aliphatic carbocycles. The van der Waals surface area contributed by atoms with E-state index in [-0.39, 0.29) is 11.8 Å². The zero-order valence-electron chi connectivity index (χ0n) is 19.0. The van der Waals surface area contributed by atoms with E-state index in [0.29, 0.717) is 24.7 Å². The van der Waals surface area contributed by atoms with Crippen molar-refractivity contribution in [2.45, 2.75) is 51.6 Å². The Morgan fingerprint density at radius 2 is 1.38 bits per heavy atom. The number of likely N-dealkylation sites (tertiary alicyclic amines) is 2. The summed E-state index contributed by atoms with van der Waals surface area (Å²) in [6.45, 7) is 4.85. The molecule has 2 amide bonds. The van der Waals surface area contributed by atoms with Crippen molar-refractivity contribution >= 4 is 11.8 Å². The van der Waals surface area contributed by atoms with Gasteiger partial charge >= 0.3 is 0 Å². The number of ether oxygens (including phenoxy) is 1. The molecule has 2 aliphatic heterocycles. The van der Waals surface area contributed by atoms with Gasteiger partial charge in [-0.3, -0.25) is 9.59 Å². The third-order valence-corrected chi connectivity index (χ3v) is 6.70. The summed E-state index contributed by atoms with van der Waals surface area (Å²) < 4.78 is 5.94. The number of piperidine rings is 1. The Hall–Kier alpha value is -2.82. The molecule has 0 spiro atoms. The first-order valence-electron chi connectivity index (χ1n) is 12.0. The van der Waals surface area contributed by atoms with E-state index in [9.17, 15) is 9.59 Å². The van der Waals surface area contributed by atoms with E-state index in [4.69, 9.17) is 4.74 Å². The molecule has 2 aromatic rings. The number of carbonyl (C=O) groups excluding carboxylic acids is 2. The van der Waals surface area contributed by atoms with Gasteiger partial charge in [0.25, 0.3) is 5.91 Å². The third kappa shape index (κ3) is 5.50. The van der Waals surface area contributed by atoms with Gasteiger partial charge in [0.1, 0.15) is 5.75 Å². The first-order valence-corrected chi connectivity index (χ1v) is 12.0. The van der Waals surface area contributed by atoms with Gasteiger partial charge in [0, 0.05) is 32.1 Å². The number of hydrogen-bond donors (Lipinski definition) is 0. The molecule has 2 heterocycles. The molecule has 0 radical (unpaired) electrons. The van der Waals surface area contributed by atoms with Crippen LogP contribution in [0, 0.1) is 5.92 Å². The summed E-state index contributed by atoms with van der Waals surface area (Å²) in [5, 5.41) is 0. The SMILES string of the molecule is CC(Oc1ccc(-c2ccccc2)cc1)C(=O)N1CCC(C(=O)N2CCCCCC2)CC1. The Morgan fingerprint density at radius 1 is 0.781 bits per heavy atom. The highest BCUT2D eigenvalue weighted by atomic mass is 16.5. The monoisotopic (exact) mass is 434 g/mol. The lowest BCUT2D eigenvalue weighted by Gasteiger charge is -2.35. The fraction of sp³-hybridized carbons (Fsp3) is 0.481. The van der Waals surface area contributed by atoms with Crippen LogP contribution in [0.3, 0.4) is 0 Å². The Kier molecular flexibility index (Phi) is 7.46. The lowest BCUT2D eigenvalue weighted by atomic mass is 9.95. The zero-order valence-corrected chi connectivity index (χ0v) is 19.0. The molecule has 32 heavy (non-hydrogen) atoms. The van der Waals surface area contributed by atoms with E-state index in [1.807, 2.05) is 54.3 Å². The van der Waals surface area contributed by atoms with Crippen molar-refractivity contribution in [3.05, 3.63) is 54.6 Å². The first kappa shape index (κ1) is 22.4. The highest BCUT2D eigenvalue weighted by molar-refractivity contribution is 5.82. The van der Waals surface area contributed by atoms with E-state index in [1.165, 1.54) is 12.8 Å². The minimum atomic E-state index is -0.546. The molecule has 170 valence electrons. The van der Waals surface area contributed by atoms with Gasteiger partial charge in [-0.15, -0.1) is 0 Å². The van der Waals surface area contributed by atoms with E-state index < -0.39 is 6.10 Å². The molecule has 0 aromatic heterocycles. The number of benzene rings is 2. The largest absolute Gasteiger partial charge is 0.481 e. The maximum absolute atomic E-state index is 12.9. The maximum Gasteiger partial charge on any atom is 0.263 e. The van der Waals surface area contributed by atoms with Gasteiger partial charge in [-0.25, -0.2) is 0 Å². The zero-order chi connectivity index (χ0) is 22.3. The summed E-state index contributed by atoms with van der Waals surface area (Å²) in [4.78, 5) is 29.7. The quantitative estimate of drug-likeness (QED) is 0.682. The molecular formula is C27H34N2O3. The van der Waals surface area contributed by atoms with Gasteiger partial charge in [0.2, 0.25) is 5.91 Å². The highest BCUT2D eigenvalue weighted by Gasteiger charge is 2.32. The van der Waals surface area contributed by atoms with Crippen LogP contribution in [0.5, 0.6) is 5.75 Å². The summed E-state index contributed by atoms with van der Waals surface area (Å²) in [6.07, 6.45) is 5.64. The minimum Gasteiger partial charge on any atom is -0.481 e. The normalized spacial score (nSPS) is 18.7. The van der Waals surface area contributed by atoms with Gasteiger partial charge in [-0.05, 0) is 55.9 Å². The molecule has 5 heteroatoms. The molecule has 2 saturated heterocycles. The second-order valence-corrected chi connectivity index (χ2v) is 8.99. The lowest BCUT2D eigenvalue weighted by Crippen LogP contribution is -2.47. The standard InChI is InChI=1S/C27H34N2O3/c1-21(32-25-13-11-23(12-14-25)22-9-5-4-6-10-22)26(30)29-19-15-24(16-20-29)27(31)28-17-7-2-3-8-18-28/h4-6,9-14,21,24H,2-3,7-8,15-20H2,1H3. The number of rotatable bonds is 5. The average Bonchev–Trinajstić information content (AvgIpc) is 3.14. The van der Waals surface area contributed by atoms with E-state index >= 15 is 0 Å². The number of carbonyl (C=O) groups is 2. The van der Waals surface area contributed by atoms with Gasteiger partial charge < -0.3 is 14.5 Å². The van der Waals surface area contributed by atoms with E-state index in [2.05, 4.69) is 17.0 Å². The maximum atomic E-state index is 12.9. The minimum absolute atomic E-state index is 0.00203. The Bertz CT molecular complexity index is 881. The van der Waals surface area contributed by atoms with Crippen molar-refractivity contribution in [2.75, 3.05) is 26.2 Å². The van der Waals surface area contributed by atoms with Crippen LogP contribution >= 0.6 is 0 Å². The second-order valence-electron chi connectivity index (χ2n) is 8.99. The van der Waals surface area contributed by atoms with Crippen molar-refractivity contribution in [1.29, 1.82) is 0 Å². The topological polar surface area (TPSA) is 49.9 Å². The molecule has 2 aromatic carbocycles. The lowest BCUT2D eigenvalue weighted by molar-refractivity contribution is -0.143. The van der Waals surface area contributed by atoms with E-state index in [0.717, 1.165) is 49.9 Å². The van der Waals surface area contributed by atoms with Gasteiger partial charge in [0.05, 0.1) is 0 Å². The summed E-state index contributed by atoms with van der Waals surface area (Å²) in [5.41, 5.74) is 2.27. The molecule has 2 aliphatic rings. The summed E-state index contributed by atoms with van der Waals surface area (Å²) in [7, 11) is 0. The Labute approximate surface area is 191 Å². The van der Waals surface area contributed by atoms with Gasteiger partial charge in [-0.2, -0.15) is 0 Å². The second kappa shape index (κ2) is 10.7. The summed E-state index contributed by atoms with van der Waals surface area (Å²) in [6, 6.07) is 18.0. The summed E-state index contributed by atoms with van der Waals surface area (Å²) >= 11 is 0. The number of hydrogen-bond acceptors (Lipinski definition) is 3. The predicted molar refractivity (Wildman–Crippen MR) is 126 cm³/mol. The average molecular weight is 435 g/mol. The predicted octanol–water partition coefficient (Wildman–Crippen LogP) is 4.76. The van der Waals surface area contributed by atoms with Crippen molar-refractivity contribution in [2.24, 2.45) is 5.92 Å². The molecule has 4 rings (SSSR count). The summed E-state index contributed by atoms with van der Waals surface area (Å²) in [5.74, 6) is 1.04. The van der Waals surface area contributed by atoms with Crippen LogP contribution in [0.15, 0.2) is 54.6 Å². The van der Waals surface area contributed by atoms with E-state index in [1.54, 1.807) is 0 Å². The van der Waals surface area contributed by atoms with Gasteiger partial charge in [-0.1, -0.05) is 55.3 Å². The molecule has 5 nitrogen and oxygen atoms in total. The molecule has 2 fully saturated rings. The molecule has 0 N–H and O–H groups in total. The molecule has 1 unspecified atom stereocenters. The van der Waals surface area contributed by atoms with Crippen LogP contribution < -0.4 is 4.74 Å². The molecule has 0 saturated carbocycles. The third-order valence-electron chi connectivity index (χ3n) is 6.70. The van der Waals surface area contributed by atoms with Crippen LogP contribution in [0.4, 0.5) is 0 Å². The van der Waals surface area contributed by atoms with Crippen LogP contribution in [-0.4, -0.2) is 53.9 Å². The fourth-order valence-corrected chi connectivity index (χ4v) is 4.76. The van der Waals surface area contributed by atoms with Crippen molar-refractivity contribution in [1.82, 2.24) is 9.80 Å². The number of nitrogens with zero attached hydrogens (tertiary/aromatic N) is 2. The fourth-order valence-electron chi connectivity index (χ4n) is 4.76. The van der Waals surface area contributed by atoms with Gasteiger partial charge in [0.15, 0.2) is 6.10 Å².